The van der Waals surface area contributed by atoms with Crippen molar-refractivity contribution in [1.82, 2.24) is 0 Å². The van der Waals surface area contributed by atoms with Crippen LogP contribution in [0.3, 0.4) is 0 Å². The number of cyclic esters (lactones) is 1. The zero-order chi connectivity index (χ0) is 22.5. The van der Waals surface area contributed by atoms with Crippen molar-refractivity contribution in [1.29, 1.82) is 0 Å². The number of carbonyl (C=O) groups is 3. The molecule has 0 saturated carbocycles. The molecule has 2 heterocycles. The van der Waals surface area contributed by atoms with Crippen LogP contribution in [-0.2, 0) is 28.6 Å². The molecule has 0 aromatic rings. The molecule has 6 heteroatoms. The smallest absolute Gasteiger partial charge is 0.305 e. The number of ketones is 1. The van der Waals surface area contributed by atoms with Crippen LogP contribution in [-0.4, -0.2) is 43.6 Å². The zero-order valence-corrected chi connectivity index (χ0v) is 19.1. The predicted molar refractivity (Wildman–Crippen MR) is 118 cm³/mol. The minimum atomic E-state index is -0.218. The van der Waals surface area contributed by atoms with Crippen LogP contribution in [0.1, 0.15) is 78.1 Å². The third-order valence-corrected chi connectivity index (χ3v) is 5.89. The highest BCUT2D eigenvalue weighted by molar-refractivity contribution is 5.90. The second kappa shape index (κ2) is 14.3. The van der Waals surface area contributed by atoms with Crippen molar-refractivity contribution >= 4 is 18.0 Å². The van der Waals surface area contributed by atoms with E-state index in [0.29, 0.717) is 32.3 Å². The van der Waals surface area contributed by atoms with Crippen LogP contribution in [0.25, 0.3) is 0 Å². The van der Waals surface area contributed by atoms with Gasteiger partial charge in [0, 0.05) is 25.2 Å². The van der Waals surface area contributed by atoms with Crippen LogP contribution in [0.15, 0.2) is 23.8 Å². The molecule has 0 aromatic heterocycles. The van der Waals surface area contributed by atoms with Gasteiger partial charge in [0.05, 0.1) is 19.3 Å². The highest BCUT2D eigenvalue weighted by atomic mass is 16.7. The molecule has 0 bridgehead atoms. The number of rotatable bonds is 5. The number of ether oxygens (including phenoxy) is 3. The third kappa shape index (κ3) is 10.9. The van der Waals surface area contributed by atoms with E-state index < -0.39 is 0 Å². The highest BCUT2D eigenvalue weighted by Crippen LogP contribution is 2.22. The lowest BCUT2D eigenvalue weighted by Gasteiger charge is -2.28. The molecule has 31 heavy (non-hydrogen) atoms. The lowest BCUT2D eigenvalue weighted by Crippen LogP contribution is -2.30. The molecule has 0 aromatic carbocycles. The van der Waals surface area contributed by atoms with Crippen molar-refractivity contribution in [3.05, 3.63) is 23.8 Å². The van der Waals surface area contributed by atoms with Crippen molar-refractivity contribution in [3.63, 3.8) is 0 Å². The molecule has 2 rings (SSSR count). The molecule has 1 fully saturated rings. The van der Waals surface area contributed by atoms with Gasteiger partial charge < -0.3 is 19.0 Å². The molecule has 4 atom stereocenters. The number of aldehydes is 1. The van der Waals surface area contributed by atoms with Gasteiger partial charge in [0.25, 0.3) is 0 Å². The van der Waals surface area contributed by atoms with Gasteiger partial charge in [-0.1, -0.05) is 30.6 Å². The van der Waals surface area contributed by atoms with E-state index in [2.05, 4.69) is 6.92 Å². The first-order chi connectivity index (χ1) is 15.0. The number of allylic oxidation sites excluding steroid dienone is 3. The fourth-order valence-corrected chi connectivity index (χ4v) is 4.04. The SMILES string of the molecule is CC1=C[C@H](CO[C@H]2CCCC(C)O2)COC(=O)CCCCC(CC=O)CCC(=O)C=C1. The second-order valence-electron chi connectivity index (χ2n) is 8.85. The largest absolute Gasteiger partial charge is 0.465 e. The summed E-state index contributed by atoms with van der Waals surface area (Å²) in [6.45, 7) is 4.62. The lowest BCUT2D eigenvalue weighted by atomic mass is 9.92. The molecule has 0 amide bonds. The summed E-state index contributed by atoms with van der Waals surface area (Å²) in [7, 11) is 0. The van der Waals surface area contributed by atoms with Gasteiger partial charge in [-0.15, -0.1) is 0 Å². The number of hydrogen-bond donors (Lipinski definition) is 0. The molecule has 1 saturated heterocycles. The Bertz CT molecular complexity index is 638. The average Bonchev–Trinajstić information content (AvgIpc) is 2.74. The van der Waals surface area contributed by atoms with Crippen LogP contribution in [0.2, 0.25) is 0 Å². The Hall–Kier alpha value is -1.79. The van der Waals surface area contributed by atoms with E-state index in [1.807, 2.05) is 13.0 Å². The Labute approximate surface area is 186 Å². The maximum atomic E-state index is 12.2. The second-order valence-corrected chi connectivity index (χ2v) is 8.85. The molecule has 174 valence electrons. The molecular formula is C25H38O6. The Morgan fingerprint density at radius 1 is 1.06 bits per heavy atom. The first-order valence-electron chi connectivity index (χ1n) is 11.7. The van der Waals surface area contributed by atoms with Crippen molar-refractivity contribution in [3.8, 4) is 0 Å². The van der Waals surface area contributed by atoms with Crippen LogP contribution in [0, 0.1) is 11.8 Å². The van der Waals surface area contributed by atoms with E-state index in [0.717, 1.165) is 50.4 Å². The fraction of sp³-hybridized carbons (Fsp3) is 0.720. The van der Waals surface area contributed by atoms with Crippen LogP contribution in [0.4, 0.5) is 0 Å². The van der Waals surface area contributed by atoms with Crippen LogP contribution >= 0.6 is 0 Å². The van der Waals surface area contributed by atoms with Crippen molar-refractivity contribution in [2.45, 2.75) is 90.4 Å². The van der Waals surface area contributed by atoms with E-state index in [1.165, 1.54) is 0 Å². The van der Waals surface area contributed by atoms with Crippen molar-refractivity contribution in [2.75, 3.05) is 13.2 Å². The summed E-state index contributed by atoms with van der Waals surface area (Å²) in [5, 5.41) is 0. The maximum Gasteiger partial charge on any atom is 0.305 e. The van der Waals surface area contributed by atoms with Gasteiger partial charge in [-0.25, -0.2) is 0 Å². The minimum Gasteiger partial charge on any atom is -0.465 e. The summed E-state index contributed by atoms with van der Waals surface area (Å²) < 4.78 is 17.3. The van der Waals surface area contributed by atoms with Crippen LogP contribution in [0.5, 0.6) is 0 Å². The number of esters is 1. The minimum absolute atomic E-state index is 0.0690. The van der Waals surface area contributed by atoms with E-state index in [4.69, 9.17) is 14.2 Å². The lowest BCUT2D eigenvalue weighted by molar-refractivity contribution is -0.194. The monoisotopic (exact) mass is 434 g/mol. The molecular weight excluding hydrogens is 396 g/mol. The number of carbonyl (C=O) groups excluding carboxylic acids is 3. The summed E-state index contributed by atoms with van der Waals surface area (Å²) in [5.74, 6) is -0.0426. The molecule has 0 radical (unpaired) electrons. The Balaban J connectivity index is 2.00. The van der Waals surface area contributed by atoms with Gasteiger partial charge in [0.15, 0.2) is 12.1 Å². The molecule has 2 aliphatic heterocycles. The quantitative estimate of drug-likeness (QED) is 0.461. The van der Waals surface area contributed by atoms with Gasteiger partial charge in [-0.05, 0) is 57.9 Å². The topological polar surface area (TPSA) is 78.9 Å². The first kappa shape index (κ1) is 25.5. The van der Waals surface area contributed by atoms with Gasteiger partial charge in [0.1, 0.15) is 6.29 Å². The van der Waals surface area contributed by atoms with Gasteiger partial charge in [-0.3, -0.25) is 9.59 Å². The Morgan fingerprint density at radius 2 is 1.90 bits per heavy atom. The molecule has 0 spiro atoms. The van der Waals surface area contributed by atoms with Crippen molar-refractivity contribution < 1.29 is 28.6 Å². The summed E-state index contributed by atoms with van der Waals surface area (Å²) in [6, 6.07) is 0. The van der Waals surface area contributed by atoms with Crippen LogP contribution < -0.4 is 0 Å². The summed E-state index contributed by atoms with van der Waals surface area (Å²) in [5.41, 5.74) is 0.924. The molecule has 0 N–H and O–H groups in total. The third-order valence-electron chi connectivity index (χ3n) is 5.89. The van der Waals surface area contributed by atoms with E-state index >= 15 is 0 Å². The van der Waals surface area contributed by atoms with Gasteiger partial charge in [0.2, 0.25) is 0 Å². The average molecular weight is 435 g/mol. The van der Waals surface area contributed by atoms with Crippen molar-refractivity contribution in [2.24, 2.45) is 11.8 Å². The van der Waals surface area contributed by atoms with E-state index in [-0.39, 0.29) is 42.6 Å². The number of hydrogen-bond acceptors (Lipinski definition) is 6. The molecule has 2 unspecified atom stereocenters. The normalized spacial score (nSPS) is 29.8. The van der Waals surface area contributed by atoms with Gasteiger partial charge in [-0.2, -0.15) is 0 Å². The molecule has 6 nitrogen and oxygen atoms in total. The summed E-state index contributed by atoms with van der Waals surface area (Å²) >= 11 is 0. The van der Waals surface area contributed by atoms with E-state index in [9.17, 15) is 14.4 Å². The van der Waals surface area contributed by atoms with Gasteiger partial charge >= 0.3 is 5.97 Å². The first-order valence-corrected chi connectivity index (χ1v) is 11.7. The summed E-state index contributed by atoms with van der Waals surface area (Å²) in [6.07, 6.45) is 13.7. The Kier molecular flexibility index (Phi) is 11.8. The highest BCUT2D eigenvalue weighted by Gasteiger charge is 2.21. The Morgan fingerprint density at radius 3 is 2.68 bits per heavy atom. The molecule has 0 aliphatic carbocycles. The fourth-order valence-electron chi connectivity index (χ4n) is 4.04. The molecule has 2 aliphatic rings. The maximum absolute atomic E-state index is 12.2. The predicted octanol–water partition coefficient (Wildman–Crippen LogP) is 4.71. The summed E-state index contributed by atoms with van der Waals surface area (Å²) in [4.78, 5) is 35.3. The zero-order valence-electron chi connectivity index (χ0n) is 19.1. The standard InChI is InChI=1S/C25H38O6/c1-19-10-12-23(27)13-11-21(14-15-26)7-3-4-8-24(28)29-17-22(16-19)18-30-25-9-5-6-20(2)31-25/h10,12,15-16,20-22,25H,3-9,11,13-14,17-18H2,1-2H3/t20?,21?,22-,25+/m0/s1. The van der Waals surface area contributed by atoms with E-state index in [1.54, 1.807) is 12.2 Å².